The smallest absolute Gasteiger partial charge is 0.0605 e. The van der Waals surface area contributed by atoms with Gasteiger partial charge in [0.1, 0.15) is 0 Å². The van der Waals surface area contributed by atoms with Gasteiger partial charge in [-0.15, -0.1) is 12.6 Å². The first-order valence-corrected chi connectivity index (χ1v) is 2.14. The van der Waals surface area contributed by atoms with E-state index in [1.165, 1.54) is 0 Å². The van der Waals surface area contributed by atoms with Crippen LogP contribution in [-0.4, -0.2) is 0 Å². The Balaban J connectivity index is 2.85. The third-order valence-electron chi connectivity index (χ3n) is 0.167. The van der Waals surface area contributed by atoms with E-state index in [-0.39, 0.29) is 0 Å². The summed E-state index contributed by atoms with van der Waals surface area (Å²) in [5.74, 6) is 0. The van der Waals surface area contributed by atoms with Crippen molar-refractivity contribution in [1.29, 1.82) is 0 Å². The molecular weight excluding hydrogens is 101 g/mol. The van der Waals surface area contributed by atoms with Crippen LogP contribution in [0.25, 0.3) is 0 Å². The normalized spacial score (nSPS) is 6.80. The Morgan fingerprint density at radius 2 is 2.20 bits per heavy atom. The van der Waals surface area contributed by atoms with Crippen LogP contribution in [0.2, 0.25) is 0 Å². The fourth-order valence-corrected chi connectivity index (χ4v) is 0. The molecule has 0 aromatic heterocycles. The highest BCUT2D eigenvalue weighted by Crippen LogP contribution is 1.88. The summed E-state index contributed by atoms with van der Waals surface area (Å²) in [6.45, 7) is 3.41. The lowest BCUT2D eigenvalue weighted by molar-refractivity contribution is 1.41. The molecule has 1 N–H and O–H groups in total. The van der Waals surface area contributed by atoms with Gasteiger partial charge in [0.25, 0.3) is 0 Å². The zero-order valence-corrected chi connectivity index (χ0v) is 4.78. The van der Waals surface area contributed by atoms with Crippen LogP contribution in [0, 0.1) is 0 Å². The molecule has 0 saturated heterocycles. The summed E-state index contributed by atoms with van der Waals surface area (Å²) >= 11 is 3.77. The molecule has 0 aromatic rings. The maximum atomic E-state index is 3.77. The zero-order valence-electron chi connectivity index (χ0n) is 2.73. The Morgan fingerprint density at radius 1 is 2.00 bits per heavy atom. The van der Waals surface area contributed by atoms with Gasteiger partial charge in [-0.05, 0) is 9.39 Å². The lowest BCUT2D eigenvalue weighted by Crippen LogP contribution is -1.83. The summed E-state index contributed by atoms with van der Waals surface area (Å²) in [6.07, 6.45) is 0. The minimum absolute atomic E-state index is 0.662. The number of nitrogens with one attached hydrogen (secondary N) is 1. The molecule has 1 unspecified atom stereocenters. The van der Waals surface area contributed by atoms with Gasteiger partial charge in [0.2, 0.25) is 0 Å². The summed E-state index contributed by atoms with van der Waals surface area (Å²) in [4.78, 5) is 0. The molecule has 0 radical (unpaired) electrons. The third-order valence-corrected chi connectivity index (χ3v) is 0.887. The van der Waals surface area contributed by atoms with E-state index in [9.17, 15) is 0 Å². The zero-order chi connectivity index (χ0) is 4.28. The van der Waals surface area contributed by atoms with Gasteiger partial charge in [0, 0.05) is 0 Å². The SMILES string of the molecule is C=C(S)NP. The second-order valence-electron chi connectivity index (χ2n) is 0.591. The van der Waals surface area contributed by atoms with Crippen molar-refractivity contribution in [2.45, 2.75) is 0 Å². The van der Waals surface area contributed by atoms with Gasteiger partial charge >= 0.3 is 0 Å². The van der Waals surface area contributed by atoms with Crippen molar-refractivity contribution in [2.75, 3.05) is 0 Å². The van der Waals surface area contributed by atoms with Crippen molar-refractivity contribution >= 4 is 22.0 Å². The number of hydrogen-bond acceptors (Lipinski definition) is 2. The van der Waals surface area contributed by atoms with E-state index in [4.69, 9.17) is 0 Å². The molecule has 0 amide bonds. The maximum Gasteiger partial charge on any atom is 0.0605 e. The van der Waals surface area contributed by atoms with Gasteiger partial charge in [-0.3, -0.25) is 0 Å². The van der Waals surface area contributed by atoms with Crippen LogP contribution in [0.5, 0.6) is 0 Å². The van der Waals surface area contributed by atoms with Gasteiger partial charge in [0.05, 0.1) is 5.03 Å². The minimum Gasteiger partial charge on any atom is -0.365 e. The van der Waals surface area contributed by atoms with E-state index in [0.29, 0.717) is 5.03 Å². The second kappa shape index (κ2) is 2.55. The van der Waals surface area contributed by atoms with Gasteiger partial charge in [0.15, 0.2) is 0 Å². The first-order chi connectivity index (χ1) is 2.27. The van der Waals surface area contributed by atoms with E-state index < -0.39 is 0 Å². The molecule has 5 heavy (non-hydrogen) atoms. The van der Waals surface area contributed by atoms with Gasteiger partial charge in [-0.25, -0.2) is 0 Å². The molecule has 1 nitrogen and oxygen atoms in total. The van der Waals surface area contributed by atoms with Crippen molar-refractivity contribution in [3.8, 4) is 0 Å². The molecule has 0 aromatic carbocycles. The van der Waals surface area contributed by atoms with Crippen LogP contribution in [0.3, 0.4) is 0 Å². The minimum atomic E-state index is 0.662. The Kier molecular flexibility index (Phi) is 2.71. The quantitative estimate of drug-likeness (QED) is 0.372. The van der Waals surface area contributed by atoms with E-state index in [0.717, 1.165) is 0 Å². The van der Waals surface area contributed by atoms with Crippen molar-refractivity contribution in [3.63, 3.8) is 0 Å². The van der Waals surface area contributed by atoms with Crippen molar-refractivity contribution in [3.05, 3.63) is 11.6 Å². The van der Waals surface area contributed by atoms with Crippen LogP contribution in [0.4, 0.5) is 0 Å². The lowest BCUT2D eigenvalue weighted by Gasteiger charge is -1.86. The Labute approximate surface area is 39.5 Å². The third kappa shape index (κ3) is 4.32. The average Bonchev–Trinajstić information content (AvgIpc) is 1.38. The lowest BCUT2D eigenvalue weighted by atomic mass is 11.1. The molecule has 3 heteroatoms. The van der Waals surface area contributed by atoms with Crippen LogP contribution < -0.4 is 5.09 Å². The van der Waals surface area contributed by atoms with Crippen molar-refractivity contribution in [1.82, 2.24) is 5.09 Å². The highest BCUT2D eigenvalue weighted by molar-refractivity contribution is 7.84. The van der Waals surface area contributed by atoms with Gasteiger partial charge in [-0.2, -0.15) is 0 Å². The Morgan fingerprint density at radius 3 is 2.20 bits per heavy atom. The highest BCUT2D eigenvalue weighted by Gasteiger charge is 1.64. The Bertz CT molecular complexity index is 44.9. The summed E-state index contributed by atoms with van der Waals surface area (Å²) in [5.41, 5.74) is 0. The Hall–Kier alpha value is 0.320. The van der Waals surface area contributed by atoms with Crippen LogP contribution >= 0.6 is 22.0 Å². The maximum absolute atomic E-state index is 3.77. The summed E-state index contributed by atoms with van der Waals surface area (Å²) < 4.78 is 0. The largest absolute Gasteiger partial charge is 0.365 e. The fourth-order valence-electron chi connectivity index (χ4n) is 0. The fraction of sp³-hybridized carbons (Fsp3) is 0. The van der Waals surface area contributed by atoms with Crippen LogP contribution in [0.15, 0.2) is 11.6 Å². The standard InChI is InChI=1S/C2H6NPS/c1-2(5)3-4/h3,5H,1,4H2. The summed E-state index contributed by atoms with van der Waals surface area (Å²) in [6, 6.07) is 0. The molecule has 0 bridgehead atoms. The highest BCUT2D eigenvalue weighted by atomic mass is 32.1. The van der Waals surface area contributed by atoms with Gasteiger partial charge < -0.3 is 5.09 Å². The van der Waals surface area contributed by atoms with E-state index >= 15 is 0 Å². The van der Waals surface area contributed by atoms with E-state index in [1.54, 1.807) is 0 Å². The summed E-state index contributed by atoms with van der Waals surface area (Å²) in [5, 5.41) is 3.28. The molecule has 0 heterocycles. The molecule has 0 saturated carbocycles. The molecule has 30 valence electrons. The number of hydrogen-bond donors (Lipinski definition) is 2. The predicted molar refractivity (Wildman–Crippen MR) is 31.0 cm³/mol. The first kappa shape index (κ1) is 5.32. The number of rotatable bonds is 1. The molecule has 0 aliphatic carbocycles. The van der Waals surface area contributed by atoms with E-state index in [1.807, 2.05) is 0 Å². The second-order valence-corrected chi connectivity index (χ2v) is 1.42. The molecule has 0 aliphatic rings. The molecule has 0 spiro atoms. The number of thiol groups is 1. The first-order valence-electron chi connectivity index (χ1n) is 1.12. The average molecular weight is 107 g/mol. The van der Waals surface area contributed by atoms with Crippen molar-refractivity contribution < 1.29 is 0 Å². The van der Waals surface area contributed by atoms with Crippen molar-refractivity contribution in [2.24, 2.45) is 0 Å². The molecule has 0 fully saturated rings. The van der Waals surface area contributed by atoms with Crippen LogP contribution in [0.1, 0.15) is 0 Å². The van der Waals surface area contributed by atoms with E-state index in [2.05, 4.69) is 33.7 Å². The molecule has 0 aliphatic heterocycles. The monoisotopic (exact) mass is 107 g/mol. The van der Waals surface area contributed by atoms with Crippen LogP contribution in [-0.2, 0) is 0 Å². The topological polar surface area (TPSA) is 12.0 Å². The van der Waals surface area contributed by atoms with Gasteiger partial charge in [-0.1, -0.05) is 6.58 Å². The molecular formula is C2H6NPS. The summed E-state index contributed by atoms with van der Waals surface area (Å²) in [7, 11) is 2.27. The predicted octanol–water partition coefficient (Wildman–Crippen LogP) is 0.767. The molecule has 0 rings (SSSR count). The molecule has 1 atom stereocenters.